The van der Waals surface area contributed by atoms with Crippen LogP contribution in [0, 0.1) is 0 Å². The number of carbonyl (C=O) groups is 2. The van der Waals surface area contributed by atoms with Crippen LogP contribution in [-0.4, -0.2) is 31.3 Å². The Morgan fingerprint density at radius 3 is 2.71 bits per heavy atom. The number of para-hydroxylation sites is 1. The summed E-state index contributed by atoms with van der Waals surface area (Å²) in [5, 5.41) is 4.51. The van der Waals surface area contributed by atoms with Crippen molar-refractivity contribution in [3.63, 3.8) is 0 Å². The molecule has 3 rings (SSSR count). The first-order chi connectivity index (χ1) is 11.6. The molecule has 1 atom stereocenters. The minimum Gasteiger partial charge on any atom is -0.487 e. The summed E-state index contributed by atoms with van der Waals surface area (Å²) in [5.41, 5.74) is 12.2. The maximum absolute atomic E-state index is 11.9. The lowest BCUT2D eigenvalue weighted by atomic mass is 10.0. The maximum atomic E-state index is 11.9. The van der Waals surface area contributed by atoms with E-state index in [0.717, 1.165) is 12.0 Å². The van der Waals surface area contributed by atoms with Crippen molar-refractivity contribution in [3.8, 4) is 16.9 Å². The molecule has 1 aromatic carbocycles. The Morgan fingerprint density at radius 1 is 1.25 bits per heavy atom. The zero-order chi connectivity index (χ0) is 17.1. The number of primary amides is 2. The topological polar surface area (TPSA) is 117 Å². The zero-order valence-corrected chi connectivity index (χ0v) is 13.6. The summed E-state index contributed by atoms with van der Waals surface area (Å²) in [6.07, 6.45) is 0.791. The van der Waals surface area contributed by atoms with Gasteiger partial charge in [0.2, 0.25) is 0 Å². The average molecular weight is 347 g/mol. The molecule has 0 bridgehead atoms. The van der Waals surface area contributed by atoms with Gasteiger partial charge < -0.3 is 20.9 Å². The van der Waals surface area contributed by atoms with Gasteiger partial charge in [0.05, 0.1) is 18.8 Å². The van der Waals surface area contributed by atoms with E-state index in [4.69, 9.17) is 20.9 Å². The second kappa shape index (κ2) is 6.90. The lowest BCUT2D eigenvalue weighted by Crippen LogP contribution is -2.21. The van der Waals surface area contributed by atoms with Gasteiger partial charge in [0.1, 0.15) is 16.9 Å². The van der Waals surface area contributed by atoms with Crippen LogP contribution in [-0.2, 0) is 4.74 Å². The molecule has 8 heteroatoms. The van der Waals surface area contributed by atoms with Crippen LogP contribution >= 0.6 is 11.3 Å². The molecule has 2 aromatic rings. The van der Waals surface area contributed by atoms with Crippen LogP contribution in [0.25, 0.3) is 11.1 Å². The number of nitrogens with one attached hydrogen (secondary N) is 1. The molecule has 1 aliphatic rings. The van der Waals surface area contributed by atoms with Crippen LogP contribution < -0.4 is 21.5 Å². The van der Waals surface area contributed by atoms with Crippen molar-refractivity contribution in [3.05, 3.63) is 35.2 Å². The Labute approximate surface area is 142 Å². The number of carbonyl (C=O) groups excluding carboxylic acids is 2. The third kappa shape index (κ3) is 3.34. The number of hydrogen-bond donors (Lipinski definition) is 3. The molecule has 0 spiro atoms. The monoisotopic (exact) mass is 347 g/mol. The molecule has 7 nitrogen and oxygen atoms in total. The van der Waals surface area contributed by atoms with Crippen LogP contribution in [0.1, 0.15) is 16.8 Å². The van der Waals surface area contributed by atoms with Crippen molar-refractivity contribution in [2.75, 3.05) is 18.5 Å². The Hall–Kier alpha value is -2.58. The molecule has 0 radical (unpaired) electrons. The number of urea groups is 1. The minimum absolute atomic E-state index is 0.0231. The summed E-state index contributed by atoms with van der Waals surface area (Å²) in [7, 11) is 0. The van der Waals surface area contributed by atoms with E-state index in [9.17, 15) is 9.59 Å². The lowest BCUT2D eigenvalue weighted by molar-refractivity contribution is 0.100. The number of rotatable bonds is 5. The molecule has 1 unspecified atom stereocenters. The molecule has 126 valence electrons. The van der Waals surface area contributed by atoms with E-state index in [1.807, 2.05) is 24.3 Å². The van der Waals surface area contributed by atoms with Crippen molar-refractivity contribution in [2.45, 2.75) is 12.5 Å². The van der Waals surface area contributed by atoms with E-state index < -0.39 is 11.9 Å². The Morgan fingerprint density at radius 2 is 2.04 bits per heavy atom. The van der Waals surface area contributed by atoms with Gasteiger partial charge >= 0.3 is 6.03 Å². The normalized spacial score (nSPS) is 16.8. The third-order valence-corrected chi connectivity index (χ3v) is 4.53. The highest BCUT2D eigenvalue weighted by Gasteiger charge is 2.23. The van der Waals surface area contributed by atoms with E-state index in [-0.39, 0.29) is 11.7 Å². The first kappa shape index (κ1) is 16.3. The van der Waals surface area contributed by atoms with Gasteiger partial charge in [-0.15, -0.1) is 11.3 Å². The molecule has 1 fully saturated rings. The molecular weight excluding hydrogens is 330 g/mol. The molecule has 3 amide bonds. The fourth-order valence-electron chi connectivity index (χ4n) is 2.58. The summed E-state index contributed by atoms with van der Waals surface area (Å²) in [5.74, 6) is -0.00655. The Kier molecular flexibility index (Phi) is 4.68. The minimum atomic E-state index is -0.751. The molecule has 0 saturated carbocycles. The first-order valence-electron chi connectivity index (χ1n) is 7.38. The lowest BCUT2D eigenvalue weighted by Gasteiger charge is -2.15. The molecule has 1 aliphatic heterocycles. The second-order valence-electron chi connectivity index (χ2n) is 5.31. The number of nitrogens with two attached hydrogens (primary N) is 2. The first-order valence-corrected chi connectivity index (χ1v) is 8.25. The van der Waals surface area contributed by atoms with Crippen LogP contribution in [0.2, 0.25) is 0 Å². The van der Waals surface area contributed by atoms with Gasteiger partial charge in [-0.05, 0) is 6.07 Å². The van der Waals surface area contributed by atoms with Gasteiger partial charge in [-0.25, -0.2) is 4.79 Å². The molecule has 1 saturated heterocycles. The fraction of sp³-hybridized carbons (Fsp3) is 0.250. The SMILES string of the molecule is NC(=O)Nc1scc(-c2ccccc2OC2CCOC2)c1C(N)=O. The number of benzene rings is 1. The highest BCUT2D eigenvalue weighted by Crippen LogP contribution is 2.40. The van der Waals surface area contributed by atoms with Crippen LogP contribution in [0.4, 0.5) is 9.80 Å². The summed E-state index contributed by atoms with van der Waals surface area (Å²) < 4.78 is 11.3. The molecule has 2 heterocycles. The van der Waals surface area contributed by atoms with Crippen molar-refractivity contribution in [1.29, 1.82) is 0 Å². The van der Waals surface area contributed by atoms with Crippen LogP contribution in [0.5, 0.6) is 5.75 Å². The van der Waals surface area contributed by atoms with Crippen molar-refractivity contribution < 1.29 is 19.1 Å². The predicted molar refractivity (Wildman–Crippen MR) is 91.3 cm³/mol. The van der Waals surface area contributed by atoms with Gasteiger partial charge in [-0.1, -0.05) is 18.2 Å². The van der Waals surface area contributed by atoms with E-state index in [1.54, 1.807) is 5.38 Å². The molecule has 24 heavy (non-hydrogen) atoms. The van der Waals surface area contributed by atoms with Gasteiger partial charge in [0, 0.05) is 22.9 Å². The predicted octanol–water partition coefficient (Wildman–Crippen LogP) is 2.17. The van der Waals surface area contributed by atoms with Crippen LogP contribution in [0.3, 0.4) is 0 Å². The number of thiophene rings is 1. The average Bonchev–Trinajstić information content (AvgIpc) is 3.17. The number of hydrogen-bond acceptors (Lipinski definition) is 5. The highest BCUT2D eigenvalue weighted by molar-refractivity contribution is 7.15. The van der Waals surface area contributed by atoms with E-state index in [2.05, 4.69) is 5.32 Å². The number of anilines is 1. The maximum Gasteiger partial charge on any atom is 0.317 e. The quantitative estimate of drug-likeness (QED) is 0.768. The van der Waals surface area contributed by atoms with Gasteiger partial charge in [-0.3, -0.25) is 10.1 Å². The summed E-state index contributed by atoms with van der Waals surface area (Å²) in [6, 6.07) is 6.62. The summed E-state index contributed by atoms with van der Waals surface area (Å²) in [4.78, 5) is 23.0. The fourth-order valence-corrected chi connectivity index (χ4v) is 3.55. The zero-order valence-electron chi connectivity index (χ0n) is 12.8. The molecular formula is C16H17N3O4S. The van der Waals surface area contributed by atoms with Gasteiger partial charge in [0.15, 0.2) is 0 Å². The van der Waals surface area contributed by atoms with Crippen molar-refractivity contribution in [1.82, 2.24) is 0 Å². The van der Waals surface area contributed by atoms with Gasteiger partial charge in [0.25, 0.3) is 5.91 Å². The summed E-state index contributed by atoms with van der Waals surface area (Å²) in [6.45, 7) is 1.21. The smallest absolute Gasteiger partial charge is 0.317 e. The third-order valence-electron chi connectivity index (χ3n) is 3.63. The van der Waals surface area contributed by atoms with Crippen molar-refractivity contribution in [2.24, 2.45) is 11.5 Å². The molecule has 5 N–H and O–H groups in total. The molecule has 1 aromatic heterocycles. The summed E-state index contributed by atoms with van der Waals surface area (Å²) >= 11 is 1.19. The largest absolute Gasteiger partial charge is 0.487 e. The van der Waals surface area contributed by atoms with Crippen LogP contribution in [0.15, 0.2) is 29.6 Å². The Balaban J connectivity index is 2.01. The van der Waals surface area contributed by atoms with E-state index in [0.29, 0.717) is 29.5 Å². The highest BCUT2D eigenvalue weighted by atomic mass is 32.1. The number of ether oxygens (including phenoxy) is 2. The van der Waals surface area contributed by atoms with Gasteiger partial charge in [-0.2, -0.15) is 0 Å². The standard InChI is InChI=1S/C16H17N3O4S/c17-14(20)13-11(8-24-15(13)19-16(18)21)10-3-1-2-4-12(10)23-9-5-6-22-7-9/h1-4,8-9H,5-7H2,(H2,17,20)(H3,18,19,21). The van der Waals surface area contributed by atoms with E-state index >= 15 is 0 Å². The van der Waals surface area contributed by atoms with E-state index in [1.165, 1.54) is 11.3 Å². The molecule has 0 aliphatic carbocycles. The van der Waals surface area contributed by atoms with Crippen molar-refractivity contribution >= 4 is 28.3 Å². The second-order valence-corrected chi connectivity index (χ2v) is 6.19. The Bertz CT molecular complexity index is 768. The number of amides is 3.